The molecule has 7 heteroatoms. The molecule has 0 aliphatic heterocycles. The van der Waals surface area contributed by atoms with Gasteiger partial charge in [0, 0.05) is 17.5 Å². The Morgan fingerprint density at radius 2 is 2.32 bits per heavy atom. The number of nitrogens with one attached hydrogen (secondary N) is 1. The quantitative estimate of drug-likeness (QED) is 0.495. The summed E-state index contributed by atoms with van der Waals surface area (Å²) >= 11 is 5.76. The number of carbonyl (C=O) groups excluding carboxylic acids is 1. The van der Waals surface area contributed by atoms with E-state index in [1.54, 1.807) is 0 Å². The number of unbranched alkanes of at least 4 members (excludes halogenated alkanes) is 1. The van der Waals surface area contributed by atoms with Gasteiger partial charge in [-0.15, -0.1) is 0 Å². The molecule has 1 N–H and O–H groups in total. The topological polar surface area (TPSA) is 84.6 Å². The van der Waals surface area contributed by atoms with Gasteiger partial charge in [0.05, 0.1) is 16.7 Å². The maximum Gasteiger partial charge on any atom is 0.278 e. The first kappa shape index (κ1) is 15.1. The fourth-order valence-electron chi connectivity index (χ4n) is 1.36. The highest BCUT2D eigenvalue weighted by atomic mass is 35.5. The van der Waals surface area contributed by atoms with E-state index in [9.17, 15) is 14.9 Å². The molecular weight excluding hydrogens is 270 g/mol. The fraction of sp³-hybridized carbons (Fsp3) is 0.333. The number of benzene rings is 1. The number of nitro benzene ring substituents is 1. The van der Waals surface area contributed by atoms with Crippen LogP contribution in [0.25, 0.3) is 0 Å². The van der Waals surface area contributed by atoms with E-state index in [1.807, 2.05) is 6.92 Å². The van der Waals surface area contributed by atoms with Crippen molar-refractivity contribution in [3.63, 3.8) is 0 Å². The lowest BCUT2D eigenvalue weighted by atomic mass is 10.2. The van der Waals surface area contributed by atoms with Crippen molar-refractivity contribution in [3.8, 4) is 0 Å². The Balaban J connectivity index is 2.73. The summed E-state index contributed by atoms with van der Waals surface area (Å²) in [6, 6.07) is 4.14. The summed E-state index contributed by atoms with van der Waals surface area (Å²) in [4.78, 5) is 21.5. The first-order valence-corrected chi connectivity index (χ1v) is 6.18. The van der Waals surface area contributed by atoms with Crippen LogP contribution in [-0.2, 0) is 4.79 Å². The van der Waals surface area contributed by atoms with Crippen LogP contribution in [0.2, 0.25) is 5.02 Å². The Hall–Kier alpha value is -1.95. The lowest BCUT2D eigenvalue weighted by Gasteiger charge is -1.99. The zero-order chi connectivity index (χ0) is 14.3. The van der Waals surface area contributed by atoms with Gasteiger partial charge in [0.15, 0.2) is 0 Å². The maximum atomic E-state index is 11.3. The third-order valence-corrected chi connectivity index (χ3v) is 2.57. The SMILES string of the molecule is CCCCC(=O)N/N=C/c1cc(Cl)ccc1[N+](=O)[O-]. The van der Waals surface area contributed by atoms with Crippen molar-refractivity contribution in [1.29, 1.82) is 0 Å². The molecule has 6 nitrogen and oxygen atoms in total. The van der Waals surface area contributed by atoms with Gasteiger partial charge in [-0.05, 0) is 18.6 Å². The molecule has 0 aromatic heterocycles. The van der Waals surface area contributed by atoms with Gasteiger partial charge in [0.1, 0.15) is 0 Å². The number of hydrogen-bond donors (Lipinski definition) is 1. The number of nitro groups is 1. The van der Waals surface area contributed by atoms with Crippen LogP contribution in [0.3, 0.4) is 0 Å². The highest BCUT2D eigenvalue weighted by molar-refractivity contribution is 6.31. The van der Waals surface area contributed by atoms with Crippen LogP contribution >= 0.6 is 11.6 Å². The molecule has 0 atom stereocenters. The molecule has 0 fully saturated rings. The fourth-order valence-corrected chi connectivity index (χ4v) is 1.54. The molecule has 1 amide bonds. The lowest BCUT2D eigenvalue weighted by Crippen LogP contribution is -2.16. The van der Waals surface area contributed by atoms with E-state index in [2.05, 4.69) is 10.5 Å². The van der Waals surface area contributed by atoms with Gasteiger partial charge in [-0.1, -0.05) is 24.9 Å². The van der Waals surface area contributed by atoms with Gasteiger partial charge in [0.25, 0.3) is 5.69 Å². The van der Waals surface area contributed by atoms with Crippen molar-refractivity contribution in [2.45, 2.75) is 26.2 Å². The van der Waals surface area contributed by atoms with Crippen molar-refractivity contribution < 1.29 is 9.72 Å². The Labute approximate surface area is 115 Å². The number of rotatable bonds is 6. The number of halogens is 1. The Kier molecular flexibility index (Phi) is 5.95. The van der Waals surface area contributed by atoms with Crippen molar-refractivity contribution in [1.82, 2.24) is 5.43 Å². The smallest absolute Gasteiger partial charge is 0.273 e. The van der Waals surface area contributed by atoms with Gasteiger partial charge in [-0.25, -0.2) is 5.43 Å². The Bertz CT molecular complexity index is 503. The van der Waals surface area contributed by atoms with E-state index in [-0.39, 0.29) is 17.2 Å². The van der Waals surface area contributed by atoms with Crippen molar-refractivity contribution in [2.24, 2.45) is 5.10 Å². The average Bonchev–Trinajstić information content (AvgIpc) is 2.36. The minimum atomic E-state index is -0.531. The highest BCUT2D eigenvalue weighted by Gasteiger charge is 2.12. The lowest BCUT2D eigenvalue weighted by molar-refractivity contribution is -0.385. The summed E-state index contributed by atoms with van der Waals surface area (Å²) in [5, 5.41) is 14.8. The van der Waals surface area contributed by atoms with Gasteiger partial charge in [0.2, 0.25) is 5.91 Å². The number of amides is 1. The zero-order valence-electron chi connectivity index (χ0n) is 10.4. The van der Waals surface area contributed by atoms with E-state index in [0.29, 0.717) is 11.4 Å². The van der Waals surface area contributed by atoms with Crippen LogP contribution in [0.4, 0.5) is 5.69 Å². The van der Waals surface area contributed by atoms with Crippen LogP contribution in [-0.4, -0.2) is 17.0 Å². The van der Waals surface area contributed by atoms with E-state index in [1.165, 1.54) is 24.4 Å². The molecule has 0 bridgehead atoms. The monoisotopic (exact) mass is 283 g/mol. The second-order valence-corrected chi connectivity index (χ2v) is 4.29. The van der Waals surface area contributed by atoms with Crippen molar-refractivity contribution in [3.05, 3.63) is 38.9 Å². The molecule has 0 unspecified atom stereocenters. The van der Waals surface area contributed by atoms with E-state index in [4.69, 9.17) is 11.6 Å². The second-order valence-electron chi connectivity index (χ2n) is 3.86. The summed E-state index contributed by atoms with van der Waals surface area (Å²) in [7, 11) is 0. The van der Waals surface area contributed by atoms with E-state index < -0.39 is 4.92 Å². The van der Waals surface area contributed by atoms with Gasteiger partial charge in [-0.3, -0.25) is 14.9 Å². The largest absolute Gasteiger partial charge is 0.278 e. The van der Waals surface area contributed by atoms with Gasteiger partial charge >= 0.3 is 0 Å². The molecule has 19 heavy (non-hydrogen) atoms. The summed E-state index contributed by atoms with van der Waals surface area (Å²) in [6.07, 6.45) is 3.29. The molecule has 0 aliphatic carbocycles. The molecule has 1 aromatic rings. The van der Waals surface area contributed by atoms with E-state index in [0.717, 1.165) is 12.8 Å². The highest BCUT2D eigenvalue weighted by Crippen LogP contribution is 2.20. The minimum Gasteiger partial charge on any atom is -0.273 e. The number of nitrogens with zero attached hydrogens (tertiary/aromatic N) is 2. The van der Waals surface area contributed by atoms with E-state index >= 15 is 0 Å². The Morgan fingerprint density at radius 1 is 1.58 bits per heavy atom. The summed E-state index contributed by atoms with van der Waals surface area (Å²) in [6.45, 7) is 1.98. The van der Waals surface area contributed by atoms with Crippen LogP contribution in [0, 0.1) is 10.1 Å². The van der Waals surface area contributed by atoms with Crippen LogP contribution in [0.5, 0.6) is 0 Å². The zero-order valence-corrected chi connectivity index (χ0v) is 11.2. The minimum absolute atomic E-state index is 0.115. The first-order chi connectivity index (χ1) is 9.04. The first-order valence-electron chi connectivity index (χ1n) is 5.80. The molecule has 0 saturated heterocycles. The molecular formula is C12H14ClN3O3. The summed E-state index contributed by atoms with van der Waals surface area (Å²) in [5.74, 6) is -0.220. The predicted octanol–water partition coefficient (Wildman–Crippen LogP) is 2.89. The summed E-state index contributed by atoms with van der Waals surface area (Å²) in [5.41, 5.74) is 2.45. The van der Waals surface area contributed by atoms with Crippen LogP contribution in [0.15, 0.2) is 23.3 Å². The molecule has 0 heterocycles. The second kappa shape index (κ2) is 7.48. The predicted molar refractivity (Wildman–Crippen MR) is 73.4 cm³/mol. The third-order valence-electron chi connectivity index (χ3n) is 2.34. The number of hydrogen-bond acceptors (Lipinski definition) is 4. The normalized spacial score (nSPS) is 10.6. The van der Waals surface area contributed by atoms with Gasteiger partial charge in [-0.2, -0.15) is 5.10 Å². The van der Waals surface area contributed by atoms with Crippen LogP contribution in [0.1, 0.15) is 31.7 Å². The average molecular weight is 284 g/mol. The molecule has 0 radical (unpaired) electrons. The van der Waals surface area contributed by atoms with Crippen LogP contribution < -0.4 is 5.43 Å². The van der Waals surface area contributed by atoms with Gasteiger partial charge < -0.3 is 0 Å². The molecule has 102 valence electrons. The maximum absolute atomic E-state index is 11.3. The third kappa shape index (κ3) is 5.05. The Morgan fingerprint density at radius 3 is 2.95 bits per heavy atom. The number of carbonyl (C=O) groups is 1. The molecule has 1 aromatic carbocycles. The number of hydrazone groups is 1. The molecule has 0 saturated carbocycles. The molecule has 1 rings (SSSR count). The molecule has 0 aliphatic rings. The summed E-state index contributed by atoms with van der Waals surface area (Å²) < 4.78 is 0. The van der Waals surface area contributed by atoms with Crippen molar-refractivity contribution >= 4 is 29.4 Å². The molecule has 0 spiro atoms. The standard InChI is InChI=1S/C12H14ClN3O3/c1-2-3-4-12(17)15-14-8-9-7-10(13)5-6-11(9)16(18)19/h5-8H,2-4H2,1H3,(H,15,17)/b14-8+. The van der Waals surface area contributed by atoms with Crippen molar-refractivity contribution in [2.75, 3.05) is 0 Å².